The summed E-state index contributed by atoms with van der Waals surface area (Å²) in [5.41, 5.74) is 2.45. The molecule has 88 valence electrons. The molecule has 2 rings (SSSR count). The Kier molecular flexibility index (Phi) is 3.93. The van der Waals surface area contributed by atoms with Crippen LogP contribution in [0.5, 0.6) is 11.6 Å². The Labute approximate surface area is 115 Å². The number of anilines is 1. The highest BCUT2D eigenvalue weighted by molar-refractivity contribution is 9.11. The lowest BCUT2D eigenvalue weighted by Gasteiger charge is -2.08. The van der Waals surface area contributed by atoms with Crippen LogP contribution in [0, 0.1) is 0 Å². The van der Waals surface area contributed by atoms with Crippen LogP contribution in [-0.2, 0) is 0 Å². The van der Waals surface area contributed by atoms with E-state index in [4.69, 9.17) is 10.6 Å². The first-order chi connectivity index (χ1) is 8.20. The van der Waals surface area contributed by atoms with E-state index in [1.807, 2.05) is 24.3 Å². The zero-order valence-electron chi connectivity index (χ0n) is 8.52. The molecule has 0 unspecified atom stereocenters. The summed E-state index contributed by atoms with van der Waals surface area (Å²) < 4.78 is 7.11. The predicted molar refractivity (Wildman–Crippen MR) is 71.8 cm³/mol. The van der Waals surface area contributed by atoms with E-state index in [2.05, 4.69) is 47.3 Å². The number of nitrogen functional groups attached to an aromatic ring is 1. The fourth-order valence-electron chi connectivity index (χ4n) is 1.17. The van der Waals surface area contributed by atoms with E-state index in [0.29, 0.717) is 21.9 Å². The maximum Gasteiger partial charge on any atom is 0.238 e. The maximum atomic E-state index is 5.61. The molecule has 0 spiro atoms. The molecule has 0 aliphatic carbocycles. The van der Waals surface area contributed by atoms with Gasteiger partial charge in [-0.2, -0.15) is 0 Å². The second-order valence-corrected chi connectivity index (χ2v) is 4.75. The molecule has 1 aromatic heterocycles. The van der Waals surface area contributed by atoms with Crippen molar-refractivity contribution in [2.24, 2.45) is 5.84 Å². The van der Waals surface area contributed by atoms with E-state index < -0.39 is 0 Å². The van der Waals surface area contributed by atoms with Gasteiger partial charge in [0.05, 0.1) is 0 Å². The van der Waals surface area contributed by atoms with Crippen molar-refractivity contribution < 1.29 is 4.74 Å². The van der Waals surface area contributed by atoms with Gasteiger partial charge in [0.1, 0.15) is 16.5 Å². The molecule has 3 N–H and O–H groups in total. The second kappa shape index (κ2) is 5.44. The van der Waals surface area contributed by atoms with Crippen molar-refractivity contribution in [2.75, 3.05) is 5.43 Å². The van der Waals surface area contributed by atoms with Gasteiger partial charge in [0.25, 0.3) is 0 Å². The van der Waals surface area contributed by atoms with Gasteiger partial charge in [-0.05, 0) is 34.1 Å². The number of nitrogens with one attached hydrogen (secondary N) is 1. The first-order valence-electron chi connectivity index (χ1n) is 4.61. The van der Waals surface area contributed by atoms with Gasteiger partial charge in [-0.15, -0.1) is 0 Å². The number of hydrogen-bond donors (Lipinski definition) is 2. The normalized spacial score (nSPS) is 10.1. The van der Waals surface area contributed by atoms with Crippen LogP contribution in [-0.4, -0.2) is 9.97 Å². The maximum absolute atomic E-state index is 5.61. The Morgan fingerprint density at radius 1 is 1.24 bits per heavy atom. The van der Waals surface area contributed by atoms with Crippen molar-refractivity contribution >= 4 is 37.7 Å². The molecular weight excluding hydrogens is 352 g/mol. The number of aromatic nitrogens is 2. The number of hydrazine groups is 1. The van der Waals surface area contributed by atoms with Crippen LogP contribution in [0.4, 0.5) is 5.82 Å². The minimum atomic E-state index is 0.394. The van der Waals surface area contributed by atoms with Crippen molar-refractivity contribution in [3.05, 3.63) is 39.5 Å². The molecule has 7 heteroatoms. The number of nitrogens with zero attached hydrogens (tertiary/aromatic N) is 2. The van der Waals surface area contributed by atoms with E-state index in [-0.39, 0.29) is 0 Å². The van der Waals surface area contributed by atoms with Crippen molar-refractivity contribution in [3.8, 4) is 11.6 Å². The first kappa shape index (κ1) is 12.3. The number of nitrogens with two attached hydrogens (primary N) is 1. The minimum absolute atomic E-state index is 0.394. The van der Waals surface area contributed by atoms with Gasteiger partial charge in [-0.25, -0.2) is 15.8 Å². The molecule has 0 amide bonds. The molecule has 0 aliphatic heterocycles. The summed E-state index contributed by atoms with van der Waals surface area (Å²) in [6, 6.07) is 7.45. The number of benzene rings is 1. The Hall–Kier alpha value is -1.18. The Balaban J connectivity index is 2.30. The van der Waals surface area contributed by atoms with E-state index in [9.17, 15) is 0 Å². The number of halogens is 2. The third-order valence-electron chi connectivity index (χ3n) is 1.90. The Morgan fingerprint density at radius 3 is 2.76 bits per heavy atom. The average Bonchev–Trinajstić information content (AvgIpc) is 2.32. The third kappa shape index (κ3) is 2.93. The zero-order valence-corrected chi connectivity index (χ0v) is 11.7. The molecule has 5 nitrogen and oxygen atoms in total. The molecule has 1 heterocycles. The van der Waals surface area contributed by atoms with Crippen LogP contribution in [0.2, 0.25) is 0 Å². The summed E-state index contributed by atoms with van der Waals surface area (Å²) in [5.74, 6) is 6.83. The van der Waals surface area contributed by atoms with Crippen molar-refractivity contribution in [1.82, 2.24) is 9.97 Å². The third-order valence-corrected chi connectivity index (χ3v) is 3.11. The number of hydrogen-bond acceptors (Lipinski definition) is 5. The highest BCUT2D eigenvalue weighted by Crippen LogP contribution is 2.32. The van der Waals surface area contributed by atoms with Crippen molar-refractivity contribution in [1.29, 1.82) is 0 Å². The second-order valence-electron chi connectivity index (χ2n) is 3.05. The lowest BCUT2D eigenvalue weighted by atomic mass is 10.3. The molecule has 17 heavy (non-hydrogen) atoms. The first-order valence-corrected chi connectivity index (χ1v) is 6.20. The van der Waals surface area contributed by atoms with Gasteiger partial charge in [0, 0.05) is 4.47 Å². The summed E-state index contributed by atoms with van der Waals surface area (Å²) in [5, 5.41) is 0. The minimum Gasteiger partial charge on any atom is -0.438 e. The Bertz CT molecular complexity index is 535. The monoisotopic (exact) mass is 358 g/mol. The average molecular weight is 360 g/mol. The molecule has 0 bridgehead atoms. The lowest BCUT2D eigenvalue weighted by molar-refractivity contribution is 0.458. The smallest absolute Gasteiger partial charge is 0.238 e. The van der Waals surface area contributed by atoms with Crippen LogP contribution in [0.3, 0.4) is 0 Å². The van der Waals surface area contributed by atoms with Gasteiger partial charge in [0.15, 0.2) is 5.82 Å². The van der Waals surface area contributed by atoms with E-state index >= 15 is 0 Å². The highest BCUT2D eigenvalue weighted by Gasteiger charge is 2.09. The van der Waals surface area contributed by atoms with E-state index in [0.717, 1.165) is 4.47 Å². The van der Waals surface area contributed by atoms with Gasteiger partial charge >= 0.3 is 0 Å². The molecule has 0 aliphatic rings. The fraction of sp³-hybridized carbons (Fsp3) is 0. The van der Waals surface area contributed by atoms with Crippen LogP contribution >= 0.6 is 31.9 Å². The van der Waals surface area contributed by atoms with Gasteiger partial charge in [-0.3, -0.25) is 0 Å². The molecule has 0 radical (unpaired) electrons. The highest BCUT2D eigenvalue weighted by atomic mass is 79.9. The van der Waals surface area contributed by atoms with Gasteiger partial charge < -0.3 is 10.2 Å². The van der Waals surface area contributed by atoms with Crippen LogP contribution in [0.25, 0.3) is 0 Å². The van der Waals surface area contributed by atoms with Crippen molar-refractivity contribution in [2.45, 2.75) is 0 Å². The molecular formula is C10H8Br2N4O. The molecule has 0 fully saturated rings. The number of rotatable bonds is 3. The van der Waals surface area contributed by atoms with Crippen LogP contribution < -0.4 is 16.0 Å². The molecule has 0 saturated heterocycles. The van der Waals surface area contributed by atoms with Crippen LogP contribution in [0.1, 0.15) is 0 Å². The zero-order chi connectivity index (χ0) is 12.3. The molecule has 0 saturated carbocycles. The standard InChI is InChI=1S/C10H8Br2N4O/c11-6-2-1-3-7(4-6)17-10-8(12)9(16-13)14-5-15-10/h1-5H,13H2,(H,14,15,16). The summed E-state index contributed by atoms with van der Waals surface area (Å²) in [6.45, 7) is 0. The summed E-state index contributed by atoms with van der Waals surface area (Å²) in [6.07, 6.45) is 1.37. The quantitative estimate of drug-likeness (QED) is 0.650. The SMILES string of the molecule is NNc1ncnc(Oc2cccc(Br)c2)c1Br. The molecule has 0 atom stereocenters. The van der Waals surface area contributed by atoms with Gasteiger partial charge in [0.2, 0.25) is 5.88 Å². The predicted octanol–water partition coefficient (Wildman–Crippen LogP) is 3.08. The largest absolute Gasteiger partial charge is 0.438 e. The molecule has 2 aromatic rings. The molecule has 1 aromatic carbocycles. The summed E-state index contributed by atoms with van der Waals surface area (Å²) in [4.78, 5) is 7.95. The van der Waals surface area contributed by atoms with Crippen molar-refractivity contribution in [3.63, 3.8) is 0 Å². The fourth-order valence-corrected chi connectivity index (χ4v) is 1.95. The topological polar surface area (TPSA) is 73.1 Å². The summed E-state index contributed by atoms with van der Waals surface area (Å²) >= 11 is 6.68. The number of ether oxygens (including phenoxy) is 1. The summed E-state index contributed by atoms with van der Waals surface area (Å²) in [7, 11) is 0. The van der Waals surface area contributed by atoms with Crippen LogP contribution in [0.15, 0.2) is 39.5 Å². The lowest BCUT2D eigenvalue weighted by Crippen LogP contribution is -2.09. The van der Waals surface area contributed by atoms with Gasteiger partial charge in [-0.1, -0.05) is 22.0 Å². The van der Waals surface area contributed by atoms with E-state index in [1.54, 1.807) is 0 Å². The Morgan fingerprint density at radius 2 is 2.06 bits per heavy atom. The van der Waals surface area contributed by atoms with E-state index in [1.165, 1.54) is 6.33 Å².